The Balaban J connectivity index is 1.15. The molecule has 4 aliphatic carbocycles. The van der Waals surface area contributed by atoms with Crippen LogP contribution in [0.25, 0.3) is 27.0 Å². The van der Waals surface area contributed by atoms with Crippen LogP contribution in [0.2, 0.25) is 0 Å². The summed E-state index contributed by atoms with van der Waals surface area (Å²) >= 11 is 1.98. The van der Waals surface area contributed by atoms with Crippen molar-refractivity contribution in [3.8, 4) is 34.0 Å². The van der Waals surface area contributed by atoms with Crippen LogP contribution in [0.5, 0.6) is 0 Å². The molecule has 0 spiro atoms. The van der Waals surface area contributed by atoms with Crippen LogP contribution >= 0.6 is 22.7 Å². The molecule has 2 heterocycles. The number of rotatable bonds is 14. The maximum absolute atomic E-state index is 16.2. The fraction of sp³-hybridized carbons (Fsp3) is 0.103. The number of hydrogen-bond acceptors (Lipinski definition) is 17. The topological polar surface area (TPSA) is 242 Å². The molecule has 0 aliphatic heterocycles. The maximum Gasteiger partial charge on any atom is 0.334 e. The van der Waals surface area contributed by atoms with Crippen molar-refractivity contribution in [1.82, 2.24) is 0 Å². The van der Waals surface area contributed by atoms with Gasteiger partial charge < -0.3 is 18.9 Å². The lowest BCUT2D eigenvalue weighted by Gasteiger charge is -2.32. The van der Waals surface area contributed by atoms with Gasteiger partial charge in [0.2, 0.25) is 16.6 Å². The van der Waals surface area contributed by atoms with Crippen molar-refractivity contribution < 1.29 is 42.9 Å². The van der Waals surface area contributed by atoms with Crippen molar-refractivity contribution in [2.45, 2.75) is 43.7 Å². The van der Waals surface area contributed by atoms with E-state index >= 15 is 19.2 Å². The molecule has 0 fully saturated rings. The maximum atomic E-state index is 16.2. The molecule has 0 atom stereocenters. The third-order valence-electron chi connectivity index (χ3n) is 15.0. The first-order valence-corrected chi connectivity index (χ1v) is 28.1. The lowest BCUT2D eigenvalue weighted by atomic mass is 9.70. The van der Waals surface area contributed by atoms with Crippen LogP contribution in [0.1, 0.15) is 70.9 Å². The van der Waals surface area contributed by atoms with Gasteiger partial charge in [-0.25, -0.2) is 4.99 Å². The molecule has 12 rings (SSSR count). The standard InChI is InChI=1S/C68H40N6O9S2/c69-32-45(33-70)55-47-26-14-13-25-44(47)29-51(55)73-53-31-52-57(68(53,65(78)82-38-42-21-9-3-10-22-42)66(79)83-39-43-23-11-4-12-24-43)58-62(84-52)61-50(30-54(85-61)74-59-56(46(34-71)35-72)48-27-15-16-28-49(48)60(59)75)67(58,63(76)80-36-40-17-5-1-6-18-40)64(77)81-37-41-19-7-2-8-20-41/h1-28,30-31H,29,36-39H2/b73-51+,74-59-. The van der Waals surface area contributed by atoms with E-state index in [-0.39, 0.29) is 114 Å². The van der Waals surface area contributed by atoms with Crippen LogP contribution in [0, 0.1) is 45.3 Å². The molecule has 0 saturated carbocycles. The Morgan fingerprint density at radius 2 is 0.918 bits per heavy atom. The Morgan fingerprint density at radius 3 is 1.41 bits per heavy atom. The number of thiophene rings is 2. The summed E-state index contributed by atoms with van der Waals surface area (Å²) in [6.07, 6.45) is 1.53. The molecule has 2 aromatic heterocycles. The normalized spacial score (nSPS) is 15.2. The number of carbonyl (C=O) groups is 5. The number of nitrogens with zero attached hydrogens (tertiary/aromatic N) is 6. The molecule has 0 N–H and O–H groups in total. The number of carbonyl (C=O) groups excluding carboxylic acids is 5. The summed E-state index contributed by atoms with van der Waals surface area (Å²) in [4.78, 5) is 89.8. The minimum atomic E-state index is -2.80. The lowest BCUT2D eigenvalue weighted by Crippen LogP contribution is -2.51. The number of benzene rings is 6. The summed E-state index contributed by atoms with van der Waals surface area (Å²) in [5.41, 5.74) is -2.88. The van der Waals surface area contributed by atoms with Gasteiger partial charge in [0.05, 0.1) is 21.2 Å². The Hall–Kier alpha value is -11.2. The van der Waals surface area contributed by atoms with Crippen molar-refractivity contribution in [3.63, 3.8) is 0 Å². The zero-order valence-corrected chi connectivity index (χ0v) is 46.2. The summed E-state index contributed by atoms with van der Waals surface area (Å²) in [5.74, 6) is -5.35. The number of Topliss-reactive ketones (excluding diaryl/α,β-unsaturated/α-hetero) is 1. The van der Waals surface area contributed by atoms with Crippen LogP contribution in [-0.2, 0) is 81.8 Å². The quantitative estimate of drug-likeness (QED) is 0.0426. The van der Waals surface area contributed by atoms with E-state index in [0.717, 1.165) is 22.7 Å². The van der Waals surface area contributed by atoms with Gasteiger partial charge in [-0.3, -0.25) is 29.0 Å². The van der Waals surface area contributed by atoms with Crippen LogP contribution in [0.3, 0.4) is 0 Å². The van der Waals surface area contributed by atoms with E-state index in [1.54, 1.807) is 164 Å². The van der Waals surface area contributed by atoms with Gasteiger partial charge in [0, 0.05) is 44.7 Å². The van der Waals surface area contributed by atoms with Crippen molar-refractivity contribution >= 4 is 86.0 Å². The van der Waals surface area contributed by atoms with Gasteiger partial charge >= 0.3 is 23.9 Å². The average Bonchev–Trinajstić information content (AvgIpc) is 1.51. The van der Waals surface area contributed by atoms with E-state index in [9.17, 15) is 25.8 Å². The smallest absolute Gasteiger partial charge is 0.334 e. The first kappa shape index (κ1) is 54.4. The second kappa shape index (κ2) is 22.6. The van der Waals surface area contributed by atoms with Crippen LogP contribution in [0.4, 0.5) is 5.00 Å². The summed E-state index contributed by atoms with van der Waals surface area (Å²) in [6, 6.07) is 57.6. The summed E-state index contributed by atoms with van der Waals surface area (Å²) in [7, 11) is 0. The van der Waals surface area contributed by atoms with Gasteiger partial charge in [-0.05, 0) is 51.1 Å². The molecule has 0 amide bonds. The van der Waals surface area contributed by atoms with E-state index in [4.69, 9.17) is 28.9 Å². The first-order valence-electron chi connectivity index (χ1n) is 26.4. The van der Waals surface area contributed by atoms with Gasteiger partial charge in [-0.1, -0.05) is 170 Å². The number of nitriles is 4. The van der Waals surface area contributed by atoms with Gasteiger partial charge in [0.15, 0.2) is 0 Å². The van der Waals surface area contributed by atoms with Crippen LogP contribution in [-0.4, -0.2) is 41.1 Å². The molecule has 0 unspecified atom stereocenters. The van der Waals surface area contributed by atoms with Crippen molar-refractivity contribution in [1.29, 1.82) is 21.0 Å². The molecular weight excluding hydrogens is 1110 g/mol. The third-order valence-corrected chi connectivity index (χ3v) is 17.3. The molecule has 0 radical (unpaired) electrons. The summed E-state index contributed by atoms with van der Waals surface area (Å²) in [5, 5.41) is 41.3. The fourth-order valence-corrected chi connectivity index (χ4v) is 13.7. The second-order valence-corrected chi connectivity index (χ2v) is 21.9. The van der Waals surface area contributed by atoms with E-state index in [1.165, 1.54) is 12.1 Å². The Labute approximate surface area is 493 Å². The summed E-state index contributed by atoms with van der Waals surface area (Å²) in [6.45, 7) is -1.49. The second-order valence-electron chi connectivity index (χ2n) is 19.8. The van der Waals surface area contributed by atoms with Gasteiger partial charge in [-0.2, -0.15) is 21.0 Å². The zero-order chi connectivity index (χ0) is 58.8. The number of fused-ring (bicyclic) bond motifs is 7. The lowest BCUT2D eigenvalue weighted by molar-refractivity contribution is -0.167. The van der Waals surface area contributed by atoms with Crippen LogP contribution in [0.15, 0.2) is 203 Å². The monoisotopic (exact) mass is 1150 g/mol. The van der Waals surface area contributed by atoms with E-state index in [0.29, 0.717) is 38.9 Å². The molecule has 8 aromatic rings. The Morgan fingerprint density at radius 1 is 0.482 bits per heavy atom. The molecule has 4 aliphatic rings. The highest BCUT2D eigenvalue weighted by Crippen LogP contribution is 2.65. The molecule has 85 heavy (non-hydrogen) atoms. The number of esters is 4. The van der Waals surface area contributed by atoms with Gasteiger partial charge in [-0.15, -0.1) is 22.7 Å². The number of ether oxygens (including phenoxy) is 4. The molecule has 0 bridgehead atoms. The van der Waals surface area contributed by atoms with Crippen molar-refractivity contribution in [2.75, 3.05) is 0 Å². The summed E-state index contributed by atoms with van der Waals surface area (Å²) < 4.78 is 25.2. The third kappa shape index (κ3) is 9.23. The van der Waals surface area contributed by atoms with Crippen LogP contribution < -0.4 is 0 Å². The molecule has 408 valence electrons. The molecule has 15 nitrogen and oxygen atoms in total. The molecule has 17 heteroatoms. The number of aliphatic imine (C=N–C) groups is 2. The first-order chi connectivity index (χ1) is 41.5. The highest BCUT2D eigenvalue weighted by atomic mass is 32.1. The minimum absolute atomic E-state index is 0.00197. The SMILES string of the molecule is N#CC(C#N)=C1/C(=N/C2=Cc3sc4c(c3C2(C(=O)OCc2ccccc2)C(=O)OCc2ccccc2)C(C(=O)OCc2ccccc2)(C(=O)OCc2ccccc2)c2cc(/N=C3\C(=O)c5ccccc5C3=C(C#N)C#N)sc2-4)Cc2ccccc21. The molecule has 6 aromatic carbocycles. The number of allylic oxidation sites excluding steroid dienone is 4. The van der Waals surface area contributed by atoms with E-state index < -0.39 is 40.5 Å². The number of ketones is 1. The van der Waals surface area contributed by atoms with Gasteiger partial charge in [0.1, 0.15) is 72.6 Å². The predicted molar refractivity (Wildman–Crippen MR) is 315 cm³/mol. The fourth-order valence-electron chi connectivity index (χ4n) is 11.1. The van der Waals surface area contributed by atoms with Crippen molar-refractivity contribution in [2.24, 2.45) is 9.98 Å². The van der Waals surface area contributed by atoms with E-state index in [1.807, 2.05) is 30.3 Å². The van der Waals surface area contributed by atoms with Gasteiger partial charge in [0.25, 0.3) is 0 Å². The molecule has 0 saturated heterocycles. The Bertz CT molecular complexity index is 4350. The average molecular weight is 1150 g/mol. The highest BCUT2D eigenvalue weighted by molar-refractivity contribution is 7.25. The predicted octanol–water partition coefficient (Wildman–Crippen LogP) is 11.9. The van der Waals surface area contributed by atoms with E-state index in [2.05, 4.69) is 0 Å². The van der Waals surface area contributed by atoms with Crippen molar-refractivity contribution in [3.05, 3.63) is 259 Å². The largest absolute Gasteiger partial charge is 0.459 e. The highest BCUT2D eigenvalue weighted by Gasteiger charge is 2.68. The molecular formula is C68H40N6O9S2. The zero-order valence-electron chi connectivity index (χ0n) is 44.5. The number of hydrogen-bond donors (Lipinski definition) is 0. The Kier molecular flexibility index (Phi) is 14.5. The minimum Gasteiger partial charge on any atom is -0.459 e.